The summed E-state index contributed by atoms with van der Waals surface area (Å²) in [4.78, 5) is 24.3. The highest BCUT2D eigenvalue weighted by atomic mass is 16.6. The van der Waals surface area contributed by atoms with Gasteiger partial charge in [-0.05, 0) is 49.4 Å². The van der Waals surface area contributed by atoms with E-state index in [2.05, 4.69) is 5.32 Å². The molecule has 0 saturated carbocycles. The van der Waals surface area contributed by atoms with Gasteiger partial charge in [0, 0.05) is 24.4 Å². The summed E-state index contributed by atoms with van der Waals surface area (Å²) in [7, 11) is 5.01. The minimum absolute atomic E-state index is 0.0194. The van der Waals surface area contributed by atoms with E-state index < -0.39 is 4.92 Å². The molecule has 144 valence electrons. The Balaban J connectivity index is 1.97. The SMILES string of the molecule is COc1cc(C)c(CN(C)CC(=O)Nc2ccc([N+](=O)[O-])cc2)cc1OC. The molecule has 2 rings (SSSR count). The summed E-state index contributed by atoms with van der Waals surface area (Å²) in [5.74, 6) is 1.10. The third-order valence-corrected chi connectivity index (χ3v) is 4.06. The summed E-state index contributed by atoms with van der Waals surface area (Å²) in [5.41, 5.74) is 2.56. The molecule has 0 heterocycles. The number of nitrogens with zero attached hydrogens (tertiary/aromatic N) is 2. The van der Waals surface area contributed by atoms with Crippen LogP contribution in [0.25, 0.3) is 0 Å². The lowest BCUT2D eigenvalue weighted by Crippen LogP contribution is -2.30. The number of aryl methyl sites for hydroxylation is 1. The average Bonchev–Trinajstić information content (AvgIpc) is 2.63. The summed E-state index contributed by atoms with van der Waals surface area (Å²) in [6.45, 7) is 2.70. The van der Waals surface area contributed by atoms with Crippen LogP contribution in [-0.4, -0.2) is 43.5 Å². The van der Waals surface area contributed by atoms with Crippen molar-refractivity contribution in [3.8, 4) is 11.5 Å². The average molecular weight is 373 g/mol. The van der Waals surface area contributed by atoms with Crippen molar-refractivity contribution >= 4 is 17.3 Å². The third-order valence-electron chi connectivity index (χ3n) is 4.06. The van der Waals surface area contributed by atoms with Gasteiger partial charge in [-0.15, -0.1) is 0 Å². The minimum atomic E-state index is -0.481. The molecule has 0 aliphatic heterocycles. The molecular formula is C19H23N3O5. The number of carbonyl (C=O) groups is 1. The monoisotopic (exact) mass is 373 g/mol. The van der Waals surface area contributed by atoms with Gasteiger partial charge in [-0.2, -0.15) is 0 Å². The number of anilines is 1. The van der Waals surface area contributed by atoms with Crippen LogP contribution in [-0.2, 0) is 11.3 Å². The lowest BCUT2D eigenvalue weighted by atomic mass is 10.1. The summed E-state index contributed by atoms with van der Waals surface area (Å²) >= 11 is 0. The number of hydrogen-bond acceptors (Lipinski definition) is 6. The van der Waals surface area contributed by atoms with E-state index in [4.69, 9.17) is 9.47 Å². The van der Waals surface area contributed by atoms with Crippen LogP contribution in [0.5, 0.6) is 11.5 Å². The summed E-state index contributed by atoms with van der Waals surface area (Å²) < 4.78 is 10.6. The fourth-order valence-corrected chi connectivity index (χ4v) is 2.65. The van der Waals surface area contributed by atoms with E-state index in [1.54, 1.807) is 14.2 Å². The van der Waals surface area contributed by atoms with Gasteiger partial charge in [0.1, 0.15) is 0 Å². The van der Waals surface area contributed by atoms with Gasteiger partial charge in [0.15, 0.2) is 11.5 Å². The topological polar surface area (TPSA) is 93.9 Å². The molecule has 2 aromatic rings. The summed E-state index contributed by atoms with van der Waals surface area (Å²) in [6.07, 6.45) is 0. The lowest BCUT2D eigenvalue weighted by molar-refractivity contribution is -0.384. The number of ether oxygens (including phenoxy) is 2. The number of methoxy groups -OCH3 is 2. The molecule has 1 amide bonds. The third kappa shape index (κ3) is 5.42. The number of non-ortho nitro benzene ring substituents is 1. The predicted molar refractivity (Wildman–Crippen MR) is 102 cm³/mol. The second kappa shape index (κ2) is 9.00. The Labute approximate surface area is 157 Å². The molecule has 8 heteroatoms. The number of rotatable bonds is 8. The second-order valence-electron chi connectivity index (χ2n) is 6.16. The van der Waals surface area contributed by atoms with Crippen molar-refractivity contribution in [2.75, 3.05) is 33.1 Å². The van der Waals surface area contributed by atoms with Crippen molar-refractivity contribution in [1.29, 1.82) is 0 Å². The highest BCUT2D eigenvalue weighted by Gasteiger charge is 2.13. The number of nitrogens with one attached hydrogen (secondary N) is 1. The van der Waals surface area contributed by atoms with Crippen LogP contribution < -0.4 is 14.8 Å². The standard InChI is InChI=1S/C19H23N3O5/c1-13-9-17(26-3)18(27-4)10-14(13)11-21(2)12-19(23)20-15-5-7-16(8-6-15)22(24)25/h5-10H,11-12H2,1-4H3,(H,20,23). The second-order valence-corrected chi connectivity index (χ2v) is 6.16. The molecular weight excluding hydrogens is 350 g/mol. The number of benzene rings is 2. The molecule has 0 aromatic heterocycles. The van der Waals surface area contributed by atoms with E-state index in [9.17, 15) is 14.9 Å². The van der Waals surface area contributed by atoms with Gasteiger partial charge in [-0.1, -0.05) is 0 Å². The Kier molecular flexibility index (Phi) is 6.73. The predicted octanol–water partition coefficient (Wildman–Crippen LogP) is 2.99. The van der Waals surface area contributed by atoms with Crippen LogP contribution in [0.1, 0.15) is 11.1 Å². The lowest BCUT2D eigenvalue weighted by Gasteiger charge is -2.19. The molecule has 0 fully saturated rings. The van der Waals surface area contributed by atoms with E-state index in [0.717, 1.165) is 11.1 Å². The molecule has 1 N–H and O–H groups in total. The van der Waals surface area contributed by atoms with E-state index in [-0.39, 0.29) is 18.1 Å². The van der Waals surface area contributed by atoms with E-state index in [1.807, 2.05) is 31.0 Å². The van der Waals surface area contributed by atoms with Crippen LogP contribution in [0.15, 0.2) is 36.4 Å². The van der Waals surface area contributed by atoms with Crippen molar-refractivity contribution in [2.24, 2.45) is 0 Å². The molecule has 0 bridgehead atoms. The smallest absolute Gasteiger partial charge is 0.269 e. The number of nitro benzene ring substituents is 1. The molecule has 0 saturated heterocycles. The zero-order chi connectivity index (χ0) is 20.0. The van der Waals surface area contributed by atoms with E-state index in [1.165, 1.54) is 24.3 Å². The van der Waals surface area contributed by atoms with Gasteiger partial charge < -0.3 is 14.8 Å². The normalized spacial score (nSPS) is 10.6. The Morgan fingerprint density at radius 1 is 1.15 bits per heavy atom. The maximum atomic E-state index is 12.2. The van der Waals surface area contributed by atoms with Crippen LogP contribution in [0, 0.1) is 17.0 Å². The van der Waals surface area contributed by atoms with Crippen molar-refractivity contribution in [2.45, 2.75) is 13.5 Å². The van der Waals surface area contributed by atoms with Crippen LogP contribution >= 0.6 is 0 Å². The number of nitro groups is 1. The number of carbonyl (C=O) groups excluding carboxylic acids is 1. The van der Waals surface area contributed by atoms with Gasteiger partial charge >= 0.3 is 0 Å². The maximum absolute atomic E-state index is 12.2. The molecule has 27 heavy (non-hydrogen) atoms. The Bertz CT molecular complexity index is 821. The minimum Gasteiger partial charge on any atom is -0.493 e. The Morgan fingerprint density at radius 3 is 2.30 bits per heavy atom. The molecule has 0 radical (unpaired) electrons. The molecule has 0 spiro atoms. The molecule has 0 unspecified atom stereocenters. The van der Waals surface area contributed by atoms with Crippen LogP contribution in [0.3, 0.4) is 0 Å². The molecule has 0 atom stereocenters. The Hall–Kier alpha value is -3.13. The fourth-order valence-electron chi connectivity index (χ4n) is 2.65. The van der Waals surface area contributed by atoms with Crippen LogP contribution in [0.2, 0.25) is 0 Å². The van der Waals surface area contributed by atoms with Crippen molar-refractivity contribution < 1.29 is 19.2 Å². The van der Waals surface area contributed by atoms with Gasteiger partial charge in [0.05, 0.1) is 25.7 Å². The summed E-state index contributed by atoms with van der Waals surface area (Å²) in [5, 5.41) is 13.4. The number of hydrogen-bond donors (Lipinski definition) is 1. The summed E-state index contributed by atoms with van der Waals surface area (Å²) in [6, 6.07) is 9.53. The van der Waals surface area contributed by atoms with Gasteiger partial charge in [0.25, 0.3) is 5.69 Å². The van der Waals surface area contributed by atoms with Gasteiger partial charge in [-0.3, -0.25) is 19.8 Å². The van der Waals surface area contributed by atoms with E-state index in [0.29, 0.717) is 23.7 Å². The van der Waals surface area contributed by atoms with Gasteiger partial charge in [0.2, 0.25) is 5.91 Å². The zero-order valence-electron chi connectivity index (χ0n) is 15.8. The Morgan fingerprint density at radius 2 is 1.74 bits per heavy atom. The first-order chi connectivity index (χ1) is 12.8. The first-order valence-corrected chi connectivity index (χ1v) is 8.28. The maximum Gasteiger partial charge on any atom is 0.269 e. The highest BCUT2D eigenvalue weighted by Crippen LogP contribution is 2.30. The first kappa shape index (κ1) is 20.2. The van der Waals surface area contributed by atoms with Crippen LogP contribution in [0.4, 0.5) is 11.4 Å². The van der Waals surface area contributed by atoms with E-state index >= 15 is 0 Å². The zero-order valence-corrected chi connectivity index (χ0v) is 15.8. The van der Waals surface area contributed by atoms with Crippen molar-refractivity contribution in [3.63, 3.8) is 0 Å². The number of amides is 1. The quantitative estimate of drug-likeness (QED) is 0.565. The largest absolute Gasteiger partial charge is 0.493 e. The molecule has 0 aliphatic rings. The molecule has 0 aliphatic carbocycles. The van der Waals surface area contributed by atoms with Crippen molar-refractivity contribution in [1.82, 2.24) is 4.90 Å². The highest BCUT2D eigenvalue weighted by molar-refractivity contribution is 5.92. The van der Waals surface area contributed by atoms with Gasteiger partial charge in [-0.25, -0.2) is 0 Å². The fraction of sp³-hybridized carbons (Fsp3) is 0.316. The number of likely N-dealkylation sites (N-methyl/N-ethyl adjacent to an activating group) is 1. The molecule has 2 aromatic carbocycles. The van der Waals surface area contributed by atoms with Crippen molar-refractivity contribution in [3.05, 3.63) is 57.6 Å². The first-order valence-electron chi connectivity index (χ1n) is 8.28. The molecule has 8 nitrogen and oxygen atoms in total.